The maximum absolute atomic E-state index is 6.48. The molecule has 1 aliphatic rings. The normalized spacial score (nSPS) is 14.8. The van der Waals surface area contributed by atoms with E-state index in [0.29, 0.717) is 11.9 Å². The Bertz CT molecular complexity index is 1050. The van der Waals surface area contributed by atoms with E-state index < -0.39 is 0 Å². The highest BCUT2D eigenvalue weighted by Crippen LogP contribution is 2.37. The van der Waals surface area contributed by atoms with Crippen molar-refractivity contribution in [2.75, 3.05) is 13.1 Å². The molecule has 1 fully saturated rings. The van der Waals surface area contributed by atoms with E-state index in [-0.39, 0.29) is 0 Å². The van der Waals surface area contributed by atoms with Crippen LogP contribution in [0.25, 0.3) is 11.0 Å². The monoisotopic (exact) mass is 419 g/mol. The molecule has 1 saturated heterocycles. The average Bonchev–Trinajstić information content (AvgIpc) is 3.35. The average molecular weight is 420 g/mol. The first-order chi connectivity index (χ1) is 14.9. The molecule has 4 heteroatoms. The molecule has 2 heterocycles. The van der Waals surface area contributed by atoms with Gasteiger partial charge in [-0.05, 0) is 87.7 Å². The van der Waals surface area contributed by atoms with Crippen LogP contribution in [0.3, 0.4) is 0 Å². The van der Waals surface area contributed by atoms with Gasteiger partial charge in [0.1, 0.15) is 5.75 Å². The van der Waals surface area contributed by atoms with Crippen LogP contribution in [0.4, 0.5) is 0 Å². The van der Waals surface area contributed by atoms with Crippen molar-refractivity contribution in [1.82, 2.24) is 14.5 Å². The zero-order valence-corrected chi connectivity index (χ0v) is 20.1. The van der Waals surface area contributed by atoms with Crippen molar-refractivity contribution >= 4 is 11.0 Å². The Kier molecular flexibility index (Phi) is 6.38. The summed E-state index contributed by atoms with van der Waals surface area (Å²) in [4.78, 5) is 7.63. The van der Waals surface area contributed by atoms with Crippen molar-refractivity contribution in [3.8, 4) is 11.8 Å². The number of benzene rings is 2. The highest BCUT2D eigenvalue weighted by atomic mass is 16.5. The molecule has 4 rings (SSSR count). The number of aromatic nitrogens is 2. The van der Waals surface area contributed by atoms with Gasteiger partial charge in [-0.25, -0.2) is 0 Å². The molecule has 1 aliphatic heterocycles. The Labute approximate surface area is 187 Å². The first kappa shape index (κ1) is 21.9. The molecule has 4 nitrogen and oxygen atoms in total. The number of hydrogen-bond donors (Lipinski definition) is 0. The summed E-state index contributed by atoms with van der Waals surface area (Å²) >= 11 is 0. The molecule has 0 N–H and O–H groups in total. The largest absolute Gasteiger partial charge is 0.425 e. The second-order valence-corrected chi connectivity index (χ2v) is 9.29. The van der Waals surface area contributed by atoms with Crippen LogP contribution in [-0.2, 0) is 13.6 Å². The van der Waals surface area contributed by atoms with Gasteiger partial charge < -0.3 is 4.74 Å². The lowest BCUT2D eigenvalue weighted by Crippen LogP contribution is -2.18. The lowest BCUT2D eigenvalue weighted by Gasteiger charge is -2.19. The van der Waals surface area contributed by atoms with Gasteiger partial charge in [-0.2, -0.15) is 4.98 Å². The molecule has 2 aromatic carbocycles. The highest BCUT2D eigenvalue weighted by Gasteiger charge is 2.22. The number of fused-ring (bicyclic) bond motifs is 1. The van der Waals surface area contributed by atoms with Gasteiger partial charge in [-0.3, -0.25) is 9.47 Å². The SMILES string of the molecule is CCC(CC)c1ccc(CN2CCCC2)c2nc(Oc3c(C)cc(C)cc3C)n(C)c12. The smallest absolute Gasteiger partial charge is 0.302 e. The topological polar surface area (TPSA) is 30.3 Å². The number of ether oxygens (including phenoxy) is 1. The molecule has 0 saturated carbocycles. The fourth-order valence-electron chi connectivity index (χ4n) is 5.26. The van der Waals surface area contributed by atoms with Crippen molar-refractivity contribution in [3.05, 3.63) is 52.1 Å². The van der Waals surface area contributed by atoms with Crippen molar-refractivity contribution in [3.63, 3.8) is 0 Å². The quantitative estimate of drug-likeness (QED) is 0.422. The number of nitrogens with zero attached hydrogens (tertiary/aromatic N) is 3. The molecular formula is C27H37N3O. The second kappa shape index (κ2) is 9.04. The summed E-state index contributed by atoms with van der Waals surface area (Å²) in [7, 11) is 2.11. The minimum atomic E-state index is 0.537. The Morgan fingerprint density at radius 1 is 1.00 bits per heavy atom. The van der Waals surface area contributed by atoms with Crippen molar-refractivity contribution in [2.24, 2.45) is 7.05 Å². The van der Waals surface area contributed by atoms with Crippen molar-refractivity contribution < 1.29 is 4.74 Å². The van der Waals surface area contributed by atoms with Gasteiger partial charge >= 0.3 is 6.01 Å². The van der Waals surface area contributed by atoms with Crippen molar-refractivity contribution in [2.45, 2.75) is 72.8 Å². The van der Waals surface area contributed by atoms with Gasteiger partial charge in [0.25, 0.3) is 0 Å². The first-order valence-electron chi connectivity index (χ1n) is 11.9. The van der Waals surface area contributed by atoms with Gasteiger partial charge in [0, 0.05) is 13.6 Å². The van der Waals surface area contributed by atoms with E-state index in [0.717, 1.165) is 41.8 Å². The fraction of sp³-hybridized carbons (Fsp3) is 0.519. The summed E-state index contributed by atoms with van der Waals surface area (Å²) in [6.45, 7) is 14.3. The first-order valence-corrected chi connectivity index (χ1v) is 11.9. The minimum Gasteiger partial charge on any atom is -0.425 e. The Hall–Kier alpha value is -2.33. The van der Waals surface area contributed by atoms with E-state index in [1.807, 2.05) is 0 Å². The molecule has 0 bridgehead atoms. The molecule has 166 valence electrons. The van der Waals surface area contributed by atoms with E-state index in [1.54, 1.807) is 0 Å². The molecule has 1 aromatic heterocycles. The van der Waals surface area contributed by atoms with Crippen LogP contribution in [0.2, 0.25) is 0 Å². The summed E-state index contributed by atoms with van der Waals surface area (Å²) in [5.74, 6) is 1.46. The van der Waals surface area contributed by atoms with Crippen LogP contribution < -0.4 is 4.74 Å². The van der Waals surface area contributed by atoms with E-state index in [2.05, 4.69) is 75.4 Å². The molecule has 31 heavy (non-hydrogen) atoms. The third-order valence-corrected chi connectivity index (χ3v) is 6.91. The van der Waals surface area contributed by atoms with E-state index >= 15 is 0 Å². The number of hydrogen-bond acceptors (Lipinski definition) is 3. The maximum Gasteiger partial charge on any atom is 0.302 e. The van der Waals surface area contributed by atoms with Crippen LogP contribution in [0.15, 0.2) is 24.3 Å². The zero-order chi connectivity index (χ0) is 22.1. The predicted octanol–water partition coefficient (Wildman–Crippen LogP) is 6.79. The maximum atomic E-state index is 6.48. The summed E-state index contributed by atoms with van der Waals surface area (Å²) in [5, 5.41) is 0. The summed E-state index contributed by atoms with van der Waals surface area (Å²) in [6, 6.07) is 9.71. The number of rotatable bonds is 7. The number of likely N-dealkylation sites (tertiary alicyclic amines) is 1. The van der Waals surface area contributed by atoms with Crippen LogP contribution in [0.1, 0.15) is 73.3 Å². The van der Waals surface area contributed by atoms with Crippen LogP contribution in [0.5, 0.6) is 11.8 Å². The third kappa shape index (κ3) is 4.23. The van der Waals surface area contributed by atoms with E-state index in [1.165, 1.54) is 48.1 Å². The molecule has 3 aromatic rings. The number of aryl methyl sites for hydroxylation is 4. The molecule has 0 aliphatic carbocycles. The Morgan fingerprint density at radius 3 is 2.26 bits per heavy atom. The van der Waals surface area contributed by atoms with Crippen LogP contribution in [-0.4, -0.2) is 27.5 Å². The lowest BCUT2D eigenvalue weighted by atomic mass is 9.91. The summed E-state index contributed by atoms with van der Waals surface area (Å²) in [6.07, 6.45) is 4.87. The van der Waals surface area contributed by atoms with Gasteiger partial charge in [-0.1, -0.05) is 43.7 Å². The molecule has 0 spiro atoms. The second-order valence-electron chi connectivity index (χ2n) is 9.29. The van der Waals surface area contributed by atoms with Crippen LogP contribution in [0, 0.1) is 20.8 Å². The number of imidazole rings is 1. The lowest BCUT2D eigenvalue weighted by molar-refractivity contribution is 0.332. The Morgan fingerprint density at radius 2 is 1.65 bits per heavy atom. The molecular weight excluding hydrogens is 382 g/mol. The van der Waals surface area contributed by atoms with Gasteiger partial charge in [0.15, 0.2) is 0 Å². The van der Waals surface area contributed by atoms with Gasteiger partial charge in [0.2, 0.25) is 0 Å². The van der Waals surface area contributed by atoms with Crippen molar-refractivity contribution in [1.29, 1.82) is 0 Å². The fourth-order valence-corrected chi connectivity index (χ4v) is 5.26. The standard InChI is InChI=1S/C27H37N3O/c1-7-21(8-2)23-12-11-22(17-30-13-9-10-14-30)24-25(23)29(6)27(28-24)31-26-19(4)15-18(3)16-20(26)5/h11-12,15-16,21H,7-10,13-14,17H2,1-6H3. The zero-order valence-electron chi connectivity index (χ0n) is 20.1. The molecule has 0 radical (unpaired) electrons. The van der Waals surface area contributed by atoms with Gasteiger partial charge in [0.05, 0.1) is 11.0 Å². The highest BCUT2D eigenvalue weighted by molar-refractivity contribution is 5.84. The Balaban J connectivity index is 1.83. The molecule has 0 unspecified atom stereocenters. The summed E-state index contributed by atoms with van der Waals surface area (Å²) in [5.41, 5.74) is 8.63. The van der Waals surface area contributed by atoms with E-state index in [9.17, 15) is 0 Å². The summed E-state index contributed by atoms with van der Waals surface area (Å²) < 4.78 is 8.65. The predicted molar refractivity (Wildman–Crippen MR) is 129 cm³/mol. The van der Waals surface area contributed by atoms with E-state index in [4.69, 9.17) is 9.72 Å². The molecule has 0 amide bonds. The molecule has 0 atom stereocenters. The third-order valence-electron chi connectivity index (χ3n) is 6.91. The minimum absolute atomic E-state index is 0.537. The van der Waals surface area contributed by atoms with Gasteiger partial charge in [-0.15, -0.1) is 0 Å². The van der Waals surface area contributed by atoms with Crippen LogP contribution >= 0.6 is 0 Å².